The fraction of sp³-hybridized carbons (Fsp3) is 0.250. The molecule has 0 N–H and O–H groups in total. The van der Waals surface area contributed by atoms with Gasteiger partial charge in [-0.05, 0) is 29.7 Å². The Kier molecular flexibility index (Phi) is 4.56. The minimum absolute atomic E-state index is 0.310. The maximum Gasteiger partial charge on any atom is 0.330 e. The van der Waals surface area contributed by atoms with Crippen LogP contribution in [0.1, 0.15) is 18.9 Å². The largest absolute Gasteiger partial charge is 0.466 e. The molecule has 0 heterocycles. The first-order valence-electron chi connectivity index (χ1n) is 4.71. The van der Waals surface area contributed by atoms with Crippen LogP contribution in [0.4, 0.5) is 0 Å². The molecule has 3 heteroatoms. The van der Waals surface area contributed by atoms with Gasteiger partial charge in [-0.2, -0.15) is 0 Å². The number of halogens is 1. The second-order valence-corrected chi connectivity index (χ2v) is 3.97. The quantitative estimate of drug-likeness (QED) is 0.620. The van der Waals surface area contributed by atoms with Crippen LogP contribution in [0.2, 0.25) is 0 Å². The molecule has 0 bridgehead atoms. The number of carbonyl (C=O) groups excluding carboxylic acids is 1. The second kappa shape index (κ2) is 5.71. The first kappa shape index (κ1) is 12.0. The molecule has 0 spiro atoms. The summed E-state index contributed by atoms with van der Waals surface area (Å²) in [6.07, 6.45) is 2.33. The molecule has 0 unspecified atom stereocenters. The van der Waals surface area contributed by atoms with Crippen molar-refractivity contribution in [2.75, 3.05) is 7.11 Å². The number of hydrogen-bond acceptors (Lipinski definition) is 2. The molecule has 2 nitrogen and oxygen atoms in total. The van der Waals surface area contributed by atoms with Gasteiger partial charge in [0.2, 0.25) is 0 Å². The van der Waals surface area contributed by atoms with Gasteiger partial charge in [-0.1, -0.05) is 35.0 Å². The summed E-state index contributed by atoms with van der Waals surface area (Å²) in [6.45, 7) is 2.01. The monoisotopic (exact) mass is 268 g/mol. The third-order valence-electron chi connectivity index (χ3n) is 2.09. The lowest BCUT2D eigenvalue weighted by molar-refractivity contribution is -0.134. The number of carbonyl (C=O) groups is 1. The molecular formula is C12H13BrO2. The fourth-order valence-electron chi connectivity index (χ4n) is 1.25. The highest BCUT2D eigenvalue weighted by molar-refractivity contribution is 9.10. The minimum Gasteiger partial charge on any atom is -0.466 e. The van der Waals surface area contributed by atoms with E-state index >= 15 is 0 Å². The second-order valence-electron chi connectivity index (χ2n) is 3.05. The molecule has 1 rings (SSSR count). The number of benzene rings is 1. The Labute approximate surface area is 98.1 Å². The number of rotatable bonds is 3. The van der Waals surface area contributed by atoms with Crippen molar-refractivity contribution in [3.05, 3.63) is 40.4 Å². The van der Waals surface area contributed by atoms with Gasteiger partial charge in [0.25, 0.3) is 0 Å². The summed E-state index contributed by atoms with van der Waals surface area (Å²) in [5.74, 6) is -0.310. The van der Waals surface area contributed by atoms with Gasteiger partial charge < -0.3 is 4.74 Å². The molecular weight excluding hydrogens is 256 g/mol. The van der Waals surface area contributed by atoms with E-state index in [-0.39, 0.29) is 5.97 Å². The molecule has 15 heavy (non-hydrogen) atoms. The van der Waals surface area contributed by atoms with Crippen molar-refractivity contribution in [2.24, 2.45) is 0 Å². The predicted octanol–water partition coefficient (Wildman–Crippen LogP) is 3.42. The van der Waals surface area contributed by atoms with Gasteiger partial charge in [0.1, 0.15) is 0 Å². The van der Waals surface area contributed by atoms with Crippen molar-refractivity contribution >= 4 is 27.5 Å². The van der Waals surface area contributed by atoms with Gasteiger partial charge in [0, 0.05) is 10.5 Å². The summed E-state index contributed by atoms with van der Waals surface area (Å²) in [6, 6.07) is 7.86. The zero-order valence-electron chi connectivity index (χ0n) is 8.79. The molecule has 0 aliphatic carbocycles. The average Bonchev–Trinajstić information content (AvgIpc) is 2.27. The Hall–Kier alpha value is -1.09. The summed E-state index contributed by atoms with van der Waals surface area (Å²) in [7, 11) is 1.38. The molecule has 1 aromatic rings. The number of allylic oxidation sites excluding steroid dienone is 1. The maximum absolute atomic E-state index is 11.1. The lowest BCUT2D eigenvalue weighted by atomic mass is 10.0. The molecule has 0 radical (unpaired) electrons. The molecule has 0 aromatic heterocycles. The van der Waals surface area contributed by atoms with Gasteiger partial charge in [0.05, 0.1) is 7.11 Å². The highest BCUT2D eigenvalue weighted by Crippen LogP contribution is 2.20. The number of methoxy groups -OCH3 is 1. The minimum atomic E-state index is -0.310. The van der Waals surface area contributed by atoms with E-state index in [1.165, 1.54) is 13.2 Å². The molecule has 0 atom stereocenters. The van der Waals surface area contributed by atoms with Crippen LogP contribution in [0.15, 0.2) is 34.8 Å². The van der Waals surface area contributed by atoms with E-state index in [9.17, 15) is 4.79 Å². The van der Waals surface area contributed by atoms with Crippen molar-refractivity contribution in [1.82, 2.24) is 0 Å². The SMILES string of the molecule is CC/C(=C/C(=O)OC)c1ccc(Br)cc1. The maximum atomic E-state index is 11.1. The number of ether oxygens (including phenoxy) is 1. The Morgan fingerprint density at radius 1 is 1.40 bits per heavy atom. The van der Waals surface area contributed by atoms with E-state index in [2.05, 4.69) is 20.7 Å². The van der Waals surface area contributed by atoms with E-state index < -0.39 is 0 Å². The van der Waals surface area contributed by atoms with Crippen LogP contribution >= 0.6 is 15.9 Å². The summed E-state index contributed by atoms with van der Waals surface area (Å²) >= 11 is 3.37. The van der Waals surface area contributed by atoms with Crippen molar-refractivity contribution in [1.29, 1.82) is 0 Å². The third-order valence-corrected chi connectivity index (χ3v) is 2.62. The zero-order chi connectivity index (χ0) is 11.3. The van der Waals surface area contributed by atoms with Crippen molar-refractivity contribution < 1.29 is 9.53 Å². The van der Waals surface area contributed by atoms with E-state index in [1.54, 1.807) is 0 Å². The topological polar surface area (TPSA) is 26.3 Å². The van der Waals surface area contributed by atoms with E-state index in [0.717, 1.165) is 22.0 Å². The first-order chi connectivity index (χ1) is 7.17. The van der Waals surface area contributed by atoms with Crippen LogP contribution in [0.3, 0.4) is 0 Å². The van der Waals surface area contributed by atoms with Gasteiger partial charge >= 0.3 is 5.97 Å². The number of hydrogen-bond donors (Lipinski definition) is 0. The number of esters is 1. The normalized spacial score (nSPS) is 11.3. The van der Waals surface area contributed by atoms with Gasteiger partial charge in [-0.3, -0.25) is 0 Å². The Morgan fingerprint density at radius 2 is 2.00 bits per heavy atom. The van der Waals surface area contributed by atoms with Crippen LogP contribution in [0, 0.1) is 0 Å². The predicted molar refractivity (Wildman–Crippen MR) is 64.4 cm³/mol. The highest BCUT2D eigenvalue weighted by atomic mass is 79.9. The van der Waals surface area contributed by atoms with Gasteiger partial charge in [-0.25, -0.2) is 4.79 Å². The van der Waals surface area contributed by atoms with Crippen LogP contribution in [-0.2, 0) is 9.53 Å². The van der Waals surface area contributed by atoms with E-state index in [1.807, 2.05) is 31.2 Å². The van der Waals surface area contributed by atoms with Crippen molar-refractivity contribution in [2.45, 2.75) is 13.3 Å². The Morgan fingerprint density at radius 3 is 2.47 bits per heavy atom. The summed E-state index contributed by atoms with van der Waals surface area (Å²) in [5, 5.41) is 0. The highest BCUT2D eigenvalue weighted by Gasteiger charge is 2.02. The van der Waals surface area contributed by atoms with Crippen LogP contribution in [0.25, 0.3) is 5.57 Å². The molecule has 0 aliphatic rings. The van der Waals surface area contributed by atoms with Crippen LogP contribution in [-0.4, -0.2) is 13.1 Å². The van der Waals surface area contributed by atoms with Crippen molar-refractivity contribution in [3.8, 4) is 0 Å². The Balaban J connectivity index is 2.97. The lowest BCUT2D eigenvalue weighted by Gasteiger charge is -2.04. The third kappa shape index (κ3) is 3.51. The molecule has 0 fully saturated rings. The summed E-state index contributed by atoms with van der Waals surface area (Å²) in [5.41, 5.74) is 2.03. The molecule has 0 saturated heterocycles. The summed E-state index contributed by atoms with van der Waals surface area (Å²) in [4.78, 5) is 11.1. The molecule has 1 aromatic carbocycles. The molecule has 0 aliphatic heterocycles. The summed E-state index contributed by atoms with van der Waals surface area (Å²) < 4.78 is 5.63. The van der Waals surface area contributed by atoms with Gasteiger partial charge in [0.15, 0.2) is 0 Å². The lowest BCUT2D eigenvalue weighted by Crippen LogP contribution is -1.96. The first-order valence-corrected chi connectivity index (χ1v) is 5.51. The average molecular weight is 269 g/mol. The smallest absolute Gasteiger partial charge is 0.330 e. The van der Waals surface area contributed by atoms with E-state index in [4.69, 9.17) is 0 Å². The van der Waals surface area contributed by atoms with Crippen molar-refractivity contribution in [3.63, 3.8) is 0 Å². The Bertz CT molecular complexity index is 366. The van der Waals surface area contributed by atoms with Crippen LogP contribution < -0.4 is 0 Å². The fourth-order valence-corrected chi connectivity index (χ4v) is 1.52. The molecule has 0 amide bonds. The van der Waals surface area contributed by atoms with E-state index in [0.29, 0.717) is 0 Å². The molecule has 0 saturated carbocycles. The zero-order valence-corrected chi connectivity index (χ0v) is 10.4. The van der Waals surface area contributed by atoms with Crippen LogP contribution in [0.5, 0.6) is 0 Å². The van der Waals surface area contributed by atoms with Gasteiger partial charge in [-0.15, -0.1) is 0 Å². The standard InChI is InChI=1S/C12H13BrO2/c1-3-9(8-12(14)15-2)10-4-6-11(13)7-5-10/h4-8H,3H2,1-2H3/b9-8-. The molecule has 80 valence electrons.